The lowest BCUT2D eigenvalue weighted by Gasteiger charge is -2.27. The fraction of sp³-hybridized carbons (Fsp3) is 0.143. The van der Waals surface area contributed by atoms with Crippen LogP contribution in [0.5, 0.6) is 17.2 Å². The number of hydrogen-bond acceptors (Lipinski definition) is 7. The molecule has 4 aromatic carbocycles. The Morgan fingerprint density at radius 2 is 1.77 bits per heavy atom. The van der Waals surface area contributed by atoms with Crippen molar-refractivity contribution < 1.29 is 23.4 Å². The Hall–Kier alpha value is -5.19. The van der Waals surface area contributed by atoms with Crippen molar-refractivity contribution in [2.24, 2.45) is 5.73 Å². The van der Waals surface area contributed by atoms with Crippen molar-refractivity contribution in [3.05, 3.63) is 134 Å². The molecule has 0 fully saturated rings. The largest absolute Gasteiger partial charge is 0.489 e. The second-order valence-corrected chi connectivity index (χ2v) is 10.9. The Kier molecular flexibility index (Phi) is 7.31. The predicted octanol–water partition coefficient (Wildman–Crippen LogP) is 8.03. The summed E-state index contributed by atoms with van der Waals surface area (Å²) < 4.78 is 23.4. The Morgan fingerprint density at radius 3 is 2.56 bits per heavy atom. The highest BCUT2D eigenvalue weighted by Gasteiger charge is 2.31. The molecule has 43 heavy (non-hydrogen) atoms. The van der Waals surface area contributed by atoms with Crippen molar-refractivity contribution in [1.29, 1.82) is 5.26 Å². The molecule has 2 N–H and O–H groups in total. The maximum absolute atomic E-state index is 13.2. The molecule has 0 amide bonds. The number of furan rings is 1. The summed E-state index contributed by atoms with van der Waals surface area (Å²) in [4.78, 5) is 13.2. The van der Waals surface area contributed by atoms with E-state index in [0.717, 1.165) is 27.6 Å². The lowest BCUT2D eigenvalue weighted by atomic mass is 9.83. The number of allylic oxidation sites excluding steroid dienone is 1. The Labute approximate surface area is 253 Å². The summed E-state index contributed by atoms with van der Waals surface area (Å²) in [5.74, 6) is 0.202. The van der Waals surface area contributed by atoms with Crippen LogP contribution in [0.15, 0.2) is 94.7 Å². The van der Waals surface area contributed by atoms with E-state index in [1.807, 2.05) is 81.4 Å². The number of benzene rings is 4. The first kappa shape index (κ1) is 28.0. The summed E-state index contributed by atoms with van der Waals surface area (Å²) in [6.45, 7) is 6.13. The molecule has 0 saturated carbocycles. The van der Waals surface area contributed by atoms with Gasteiger partial charge in [0.05, 0.1) is 5.92 Å². The molecule has 0 spiro atoms. The Morgan fingerprint density at radius 1 is 0.977 bits per heavy atom. The molecule has 0 aliphatic carbocycles. The molecule has 0 radical (unpaired) electrons. The minimum atomic E-state index is -0.624. The van der Waals surface area contributed by atoms with Crippen molar-refractivity contribution >= 4 is 28.5 Å². The third kappa shape index (κ3) is 5.29. The van der Waals surface area contributed by atoms with Gasteiger partial charge in [0.2, 0.25) is 11.6 Å². The molecule has 5 aromatic rings. The molecular weight excluding hydrogens is 564 g/mol. The highest BCUT2D eigenvalue weighted by molar-refractivity contribution is 6.31. The zero-order valence-electron chi connectivity index (χ0n) is 23.7. The first-order valence-corrected chi connectivity index (χ1v) is 14.0. The number of rotatable bonds is 6. The maximum atomic E-state index is 13.2. The standard InChI is InChI=1S/C35H27ClN2O5/c1-19-13-27-21(3)33(42-30(27)14-20(19)2)35(39)41-25-11-12-26-31(16-25)43-34(38)28(17-37)32(26)22-8-6-9-24(15-22)40-18-23-7-4-5-10-29(23)36/h4-16,32H,18,38H2,1-3H3. The van der Waals surface area contributed by atoms with Gasteiger partial charge in [-0.1, -0.05) is 48.0 Å². The van der Waals surface area contributed by atoms with E-state index in [4.69, 9.17) is 36.0 Å². The van der Waals surface area contributed by atoms with Crippen LogP contribution in [0.1, 0.15) is 49.9 Å². The van der Waals surface area contributed by atoms with Crippen LogP contribution < -0.4 is 19.9 Å². The number of nitrogens with zero attached hydrogens (tertiary/aromatic N) is 1. The number of fused-ring (bicyclic) bond motifs is 2. The van der Waals surface area contributed by atoms with Crippen LogP contribution in [0, 0.1) is 32.1 Å². The summed E-state index contributed by atoms with van der Waals surface area (Å²) in [5, 5.41) is 11.5. The summed E-state index contributed by atoms with van der Waals surface area (Å²) >= 11 is 6.28. The average Bonchev–Trinajstić information content (AvgIpc) is 3.31. The van der Waals surface area contributed by atoms with Gasteiger partial charge in [0.1, 0.15) is 41.1 Å². The number of carbonyl (C=O) groups excluding carboxylic acids is 1. The second-order valence-electron chi connectivity index (χ2n) is 10.5. The van der Waals surface area contributed by atoms with E-state index >= 15 is 0 Å². The van der Waals surface area contributed by atoms with Crippen LogP contribution in [0.3, 0.4) is 0 Å². The van der Waals surface area contributed by atoms with Crippen molar-refractivity contribution in [1.82, 2.24) is 0 Å². The van der Waals surface area contributed by atoms with E-state index in [-0.39, 0.29) is 29.6 Å². The van der Waals surface area contributed by atoms with Gasteiger partial charge in [-0.2, -0.15) is 5.26 Å². The number of hydrogen-bond donors (Lipinski definition) is 1. The Bertz CT molecular complexity index is 1980. The van der Waals surface area contributed by atoms with Gasteiger partial charge >= 0.3 is 5.97 Å². The van der Waals surface area contributed by atoms with E-state index in [0.29, 0.717) is 33.2 Å². The number of aryl methyl sites for hydroxylation is 3. The monoisotopic (exact) mass is 590 g/mol. The summed E-state index contributed by atoms with van der Waals surface area (Å²) in [6.07, 6.45) is 0. The van der Waals surface area contributed by atoms with Crippen LogP contribution in [0.4, 0.5) is 0 Å². The average molecular weight is 591 g/mol. The van der Waals surface area contributed by atoms with E-state index in [1.165, 1.54) is 0 Å². The molecule has 1 aromatic heterocycles. The molecule has 6 rings (SSSR count). The van der Waals surface area contributed by atoms with Crippen molar-refractivity contribution in [2.45, 2.75) is 33.3 Å². The number of nitriles is 1. The lowest BCUT2D eigenvalue weighted by Crippen LogP contribution is -2.21. The number of ether oxygens (including phenoxy) is 3. The number of carbonyl (C=O) groups is 1. The summed E-state index contributed by atoms with van der Waals surface area (Å²) in [7, 11) is 0. The molecule has 1 aliphatic rings. The van der Waals surface area contributed by atoms with Gasteiger partial charge in [-0.15, -0.1) is 0 Å². The lowest BCUT2D eigenvalue weighted by molar-refractivity contribution is 0.0702. The minimum Gasteiger partial charge on any atom is -0.489 e. The van der Waals surface area contributed by atoms with Gasteiger partial charge in [0, 0.05) is 33.2 Å². The van der Waals surface area contributed by atoms with Gasteiger partial charge in [0.15, 0.2) is 0 Å². The normalized spacial score (nSPS) is 14.2. The molecule has 2 heterocycles. The predicted molar refractivity (Wildman–Crippen MR) is 163 cm³/mol. The van der Waals surface area contributed by atoms with Crippen molar-refractivity contribution in [2.75, 3.05) is 0 Å². The first-order valence-electron chi connectivity index (χ1n) is 13.6. The molecule has 0 bridgehead atoms. The first-order chi connectivity index (χ1) is 20.7. The smallest absolute Gasteiger partial charge is 0.379 e. The summed E-state index contributed by atoms with van der Waals surface area (Å²) in [6, 6.07) is 26.1. The minimum absolute atomic E-state index is 0.0234. The fourth-order valence-corrected chi connectivity index (χ4v) is 5.42. The molecule has 1 aliphatic heterocycles. The van der Waals surface area contributed by atoms with Crippen LogP contribution >= 0.6 is 11.6 Å². The van der Waals surface area contributed by atoms with E-state index in [9.17, 15) is 10.1 Å². The number of esters is 1. The molecule has 1 unspecified atom stereocenters. The zero-order chi connectivity index (χ0) is 30.2. The molecule has 214 valence electrons. The third-order valence-corrected chi connectivity index (χ3v) is 8.05. The van der Waals surface area contributed by atoms with Gasteiger partial charge in [-0.05, 0) is 73.9 Å². The van der Waals surface area contributed by atoms with Gasteiger partial charge in [-0.3, -0.25) is 0 Å². The number of halogens is 1. The Balaban J connectivity index is 1.28. The van der Waals surface area contributed by atoms with Crippen molar-refractivity contribution in [3.8, 4) is 23.3 Å². The van der Waals surface area contributed by atoms with E-state index < -0.39 is 11.9 Å². The van der Waals surface area contributed by atoms with E-state index in [1.54, 1.807) is 18.2 Å². The molecule has 1 atom stereocenters. The molecular formula is C35H27ClN2O5. The van der Waals surface area contributed by atoms with Crippen LogP contribution in [0.25, 0.3) is 11.0 Å². The SMILES string of the molecule is Cc1cc2oc(C(=O)Oc3ccc4c(c3)OC(N)=C(C#N)C4c3cccc(OCc4ccccc4Cl)c3)c(C)c2cc1C. The number of nitrogens with two attached hydrogens (primary N) is 1. The van der Waals surface area contributed by atoms with E-state index in [2.05, 4.69) is 6.07 Å². The van der Waals surface area contributed by atoms with Gasteiger partial charge in [0.25, 0.3) is 0 Å². The fourth-order valence-electron chi connectivity index (χ4n) is 5.23. The quantitative estimate of drug-likeness (QED) is 0.157. The molecule has 7 nitrogen and oxygen atoms in total. The third-order valence-electron chi connectivity index (χ3n) is 7.68. The topological polar surface area (TPSA) is 108 Å². The second kappa shape index (κ2) is 11.2. The zero-order valence-corrected chi connectivity index (χ0v) is 24.5. The van der Waals surface area contributed by atoms with Crippen LogP contribution in [-0.4, -0.2) is 5.97 Å². The van der Waals surface area contributed by atoms with Gasteiger partial charge in [-0.25, -0.2) is 4.79 Å². The maximum Gasteiger partial charge on any atom is 0.379 e. The van der Waals surface area contributed by atoms with Crippen molar-refractivity contribution in [3.63, 3.8) is 0 Å². The molecule has 0 saturated heterocycles. The van der Waals surface area contributed by atoms with Crippen LogP contribution in [-0.2, 0) is 6.61 Å². The van der Waals surface area contributed by atoms with Gasteiger partial charge < -0.3 is 24.4 Å². The highest BCUT2D eigenvalue weighted by Crippen LogP contribution is 2.44. The highest BCUT2D eigenvalue weighted by atomic mass is 35.5. The van der Waals surface area contributed by atoms with Crippen LogP contribution in [0.2, 0.25) is 5.02 Å². The summed E-state index contributed by atoms with van der Waals surface area (Å²) in [5.41, 5.74) is 12.3. The molecule has 8 heteroatoms.